The highest BCUT2D eigenvalue weighted by Crippen LogP contribution is 2.28. The molecule has 32 heavy (non-hydrogen) atoms. The van der Waals surface area contributed by atoms with E-state index in [4.69, 9.17) is 10.6 Å². The summed E-state index contributed by atoms with van der Waals surface area (Å²) >= 11 is 1.20. The number of benzene rings is 2. The van der Waals surface area contributed by atoms with Gasteiger partial charge in [0.2, 0.25) is 11.1 Å². The number of hydrogen-bond acceptors (Lipinski definition) is 6. The van der Waals surface area contributed by atoms with Crippen molar-refractivity contribution in [3.63, 3.8) is 0 Å². The Kier molecular flexibility index (Phi) is 8.10. The van der Waals surface area contributed by atoms with Crippen LogP contribution < -0.4 is 15.9 Å². The number of nitrogens with two attached hydrogens (primary N) is 1. The van der Waals surface area contributed by atoms with E-state index in [0.717, 1.165) is 22.4 Å². The van der Waals surface area contributed by atoms with Crippen LogP contribution in [0.25, 0.3) is 0 Å². The number of carbonyl (C=O) groups excluding carboxylic acids is 1. The third-order valence-electron chi connectivity index (χ3n) is 4.86. The Morgan fingerprint density at radius 1 is 1.22 bits per heavy atom. The lowest BCUT2D eigenvalue weighted by Gasteiger charge is -2.14. The minimum atomic E-state index is -0.274. The van der Waals surface area contributed by atoms with Crippen molar-refractivity contribution < 1.29 is 13.9 Å². The van der Waals surface area contributed by atoms with Crippen LogP contribution in [0, 0.1) is 12.7 Å². The molecule has 0 saturated carbocycles. The van der Waals surface area contributed by atoms with Gasteiger partial charge in [0.25, 0.3) is 0 Å². The molecule has 3 rings (SSSR count). The maximum Gasteiger partial charge on any atom is 0.230 e. The van der Waals surface area contributed by atoms with E-state index in [9.17, 15) is 9.18 Å². The lowest BCUT2D eigenvalue weighted by atomic mass is 10.0. The number of carbonyl (C=O) groups is 1. The molecule has 0 aliphatic rings. The van der Waals surface area contributed by atoms with Gasteiger partial charge in [0, 0.05) is 6.54 Å². The number of hydrogen-bond donors (Lipinski definition) is 2. The molecule has 3 N–H and O–H groups in total. The number of nitrogens with zero attached hydrogens (tertiary/aromatic N) is 3. The molecule has 0 aliphatic carbocycles. The minimum absolute atomic E-state index is 0.140. The van der Waals surface area contributed by atoms with Crippen molar-refractivity contribution in [2.24, 2.45) is 0 Å². The summed E-state index contributed by atoms with van der Waals surface area (Å²) in [6.07, 6.45) is 0.628. The number of nitrogens with one attached hydrogen (secondary N) is 1. The van der Waals surface area contributed by atoms with Gasteiger partial charge in [-0.25, -0.2) is 9.07 Å². The zero-order chi connectivity index (χ0) is 23.1. The molecule has 1 amide bonds. The fourth-order valence-electron chi connectivity index (χ4n) is 3.07. The summed E-state index contributed by atoms with van der Waals surface area (Å²) < 4.78 is 20.3. The van der Waals surface area contributed by atoms with Crippen molar-refractivity contribution in [3.8, 4) is 5.75 Å². The van der Waals surface area contributed by atoms with E-state index >= 15 is 0 Å². The summed E-state index contributed by atoms with van der Waals surface area (Å²) in [6.45, 7) is 6.89. The number of thioether (sulfide) groups is 1. The van der Waals surface area contributed by atoms with Crippen molar-refractivity contribution >= 4 is 17.7 Å². The van der Waals surface area contributed by atoms with Crippen molar-refractivity contribution in [1.29, 1.82) is 0 Å². The molecule has 1 heterocycles. The fraction of sp³-hybridized carbons (Fsp3) is 0.348. The predicted octanol–water partition coefficient (Wildman–Crippen LogP) is 3.59. The molecular formula is C23H28FN5O2S. The first-order valence-electron chi connectivity index (χ1n) is 10.4. The molecule has 1 aromatic heterocycles. The Hall–Kier alpha value is -3.07. The molecule has 3 aromatic rings. The summed E-state index contributed by atoms with van der Waals surface area (Å²) in [6, 6.07) is 12.4. The van der Waals surface area contributed by atoms with Gasteiger partial charge in [-0.1, -0.05) is 49.9 Å². The molecule has 0 saturated heterocycles. The van der Waals surface area contributed by atoms with Gasteiger partial charge in [-0.2, -0.15) is 0 Å². The first-order chi connectivity index (χ1) is 15.3. The van der Waals surface area contributed by atoms with Gasteiger partial charge in [0.05, 0.1) is 5.75 Å². The molecule has 0 fully saturated rings. The molecule has 0 bridgehead atoms. The van der Waals surface area contributed by atoms with Crippen LogP contribution in [0.5, 0.6) is 5.75 Å². The third kappa shape index (κ3) is 6.46. The average molecular weight is 458 g/mol. The SMILES string of the molecule is Cc1ccc(C(C)C)c(OCc2nnc(SCC(=O)NCCc3ccc(F)cc3)n2N)c1. The van der Waals surface area contributed by atoms with Gasteiger partial charge in [-0.15, -0.1) is 10.2 Å². The van der Waals surface area contributed by atoms with E-state index in [1.165, 1.54) is 28.6 Å². The number of ether oxygens (including phenoxy) is 1. The second kappa shape index (κ2) is 11.0. The van der Waals surface area contributed by atoms with Crippen molar-refractivity contribution in [2.75, 3.05) is 18.1 Å². The highest BCUT2D eigenvalue weighted by Gasteiger charge is 2.14. The minimum Gasteiger partial charge on any atom is -0.485 e. The molecule has 0 unspecified atom stereocenters. The molecule has 0 atom stereocenters. The molecule has 0 aliphatic heterocycles. The second-order valence-electron chi connectivity index (χ2n) is 7.77. The summed E-state index contributed by atoms with van der Waals surface area (Å²) in [7, 11) is 0. The van der Waals surface area contributed by atoms with E-state index in [1.54, 1.807) is 12.1 Å². The summed E-state index contributed by atoms with van der Waals surface area (Å²) in [5.74, 6) is 7.45. The van der Waals surface area contributed by atoms with Crippen LogP contribution in [0.15, 0.2) is 47.6 Å². The number of aromatic nitrogens is 3. The van der Waals surface area contributed by atoms with Gasteiger partial charge in [0.15, 0.2) is 5.82 Å². The van der Waals surface area contributed by atoms with Crippen molar-refractivity contribution in [2.45, 2.75) is 44.9 Å². The highest BCUT2D eigenvalue weighted by molar-refractivity contribution is 7.99. The number of rotatable bonds is 10. The largest absolute Gasteiger partial charge is 0.485 e. The van der Waals surface area contributed by atoms with Crippen LogP contribution in [0.3, 0.4) is 0 Å². The molecule has 7 nitrogen and oxygen atoms in total. The van der Waals surface area contributed by atoms with Gasteiger partial charge < -0.3 is 15.9 Å². The van der Waals surface area contributed by atoms with Gasteiger partial charge in [-0.3, -0.25) is 4.79 Å². The van der Waals surface area contributed by atoms with E-state index in [0.29, 0.717) is 29.9 Å². The van der Waals surface area contributed by atoms with E-state index in [-0.39, 0.29) is 24.1 Å². The number of halogens is 1. The number of amides is 1. The maximum absolute atomic E-state index is 12.9. The van der Waals surface area contributed by atoms with Crippen LogP contribution in [-0.4, -0.2) is 33.1 Å². The van der Waals surface area contributed by atoms with Gasteiger partial charge >= 0.3 is 0 Å². The smallest absolute Gasteiger partial charge is 0.230 e. The number of aryl methyl sites for hydroxylation is 1. The topological polar surface area (TPSA) is 95.1 Å². The lowest BCUT2D eigenvalue weighted by molar-refractivity contribution is -0.118. The molecule has 0 spiro atoms. The Morgan fingerprint density at radius 3 is 2.69 bits per heavy atom. The zero-order valence-electron chi connectivity index (χ0n) is 18.5. The first kappa shape index (κ1) is 23.6. The van der Waals surface area contributed by atoms with Crippen LogP contribution >= 0.6 is 11.8 Å². The Balaban J connectivity index is 1.48. The standard InChI is InChI=1S/C23H28FN5O2S/c1-15(2)19-9-4-16(3)12-20(19)31-13-21-27-28-23(29(21)25)32-14-22(30)26-11-10-17-5-7-18(24)8-6-17/h4-9,12,15H,10-11,13-14,25H2,1-3H3,(H,26,30). The molecule has 170 valence electrons. The van der Waals surface area contributed by atoms with Crippen LogP contribution in [0.1, 0.15) is 42.3 Å². The molecule has 2 aromatic carbocycles. The highest BCUT2D eigenvalue weighted by atomic mass is 32.2. The first-order valence-corrected chi connectivity index (χ1v) is 11.4. The predicted molar refractivity (Wildman–Crippen MR) is 124 cm³/mol. The van der Waals surface area contributed by atoms with Crippen molar-refractivity contribution in [3.05, 3.63) is 70.8 Å². The average Bonchev–Trinajstić information content (AvgIpc) is 3.11. The summed E-state index contributed by atoms with van der Waals surface area (Å²) in [4.78, 5) is 12.1. The molecular weight excluding hydrogens is 429 g/mol. The third-order valence-corrected chi connectivity index (χ3v) is 5.81. The number of nitrogen functional groups attached to an aromatic ring is 1. The molecule has 0 radical (unpaired) electrons. The Morgan fingerprint density at radius 2 is 1.97 bits per heavy atom. The monoisotopic (exact) mass is 457 g/mol. The van der Waals surface area contributed by atoms with Gasteiger partial charge in [-0.05, 0) is 54.2 Å². The van der Waals surface area contributed by atoms with Crippen LogP contribution in [0.4, 0.5) is 4.39 Å². The second-order valence-corrected chi connectivity index (χ2v) is 8.71. The van der Waals surface area contributed by atoms with Crippen LogP contribution in [-0.2, 0) is 17.8 Å². The molecule has 9 heteroatoms. The Labute approximate surface area is 191 Å². The normalized spacial score (nSPS) is 11.0. The maximum atomic E-state index is 12.9. The lowest BCUT2D eigenvalue weighted by Crippen LogP contribution is -2.27. The summed E-state index contributed by atoms with van der Waals surface area (Å²) in [5.41, 5.74) is 3.19. The summed E-state index contributed by atoms with van der Waals surface area (Å²) in [5, 5.41) is 11.4. The van der Waals surface area contributed by atoms with E-state index < -0.39 is 0 Å². The van der Waals surface area contributed by atoms with E-state index in [1.807, 2.05) is 13.0 Å². The van der Waals surface area contributed by atoms with Crippen molar-refractivity contribution in [1.82, 2.24) is 20.2 Å². The quantitative estimate of drug-likeness (QED) is 0.357. The zero-order valence-corrected chi connectivity index (χ0v) is 19.3. The Bertz CT molecular complexity index is 1050. The van der Waals surface area contributed by atoms with Crippen LogP contribution in [0.2, 0.25) is 0 Å². The van der Waals surface area contributed by atoms with Gasteiger partial charge in [0.1, 0.15) is 18.2 Å². The fourth-order valence-corrected chi connectivity index (χ4v) is 3.77. The van der Waals surface area contributed by atoms with E-state index in [2.05, 4.69) is 41.5 Å².